The largest absolute Gasteiger partial charge is 0.477 e. The van der Waals surface area contributed by atoms with Crippen LogP contribution in [-0.2, 0) is 4.74 Å². The summed E-state index contributed by atoms with van der Waals surface area (Å²) >= 11 is 6.01. The number of hydrogen-bond donors (Lipinski definition) is 1. The predicted molar refractivity (Wildman–Crippen MR) is 87.5 cm³/mol. The molecular weight excluding hydrogens is 318 g/mol. The third-order valence-corrected chi connectivity index (χ3v) is 4.08. The molecule has 23 heavy (non-hydrogen) atoms. The monoisotopic (exact) mass is 337 g/mol. The first kappa shape index (κ1) is 16.0. The molecule has 124 valence electrons. The number of ether oxygens (including phenoxy) is 2. The Morgan fingerprint density at radius 3 is 2.91 bits per heavy atom. The lowest BCUT2D eigenvalue weighted by molar-refractivity contribution is 0.0657. The summed E-state index contributed by atoms with van der Waals surface area (Å²) in [6, 6.07) is 0.379. The molecule has 1 aliphatic rings. The quantitative estimate of drug-likeness (QED) is 0.903. The molecule has 2 aromatic heterocycles. The topological polar surface area (TPSA) is 74.1 Å². The molecule has 2 aromatic rings. The van der Waals surface area contributed by atoms with E-state index in [2.05, 4.69) is 20.4 Å². The summed E-state index contributed by atoms with van der Waals surface area (Å²) in [6.45, 7) is 5.98. The van der Waals surface area contributed by atoms with E-state index in [1.165, 1.54) is 6.20 Å². The maximum absolute atomic E-state index is 6.01. The van der Waals surface area contributed by atoms with Crippen LogP contribution in [0.2, 0.25) is 5.02 Å². The van der Waals surface area contributed by atoms with Crippen molar-refractivity contribution >= 4 is 23.2 Å². The van der Waals surface area contributed by atoms with Crippen LogP contribution in [0.15, 0.2) is 12.4 Å². The van der Waals surface area contributed by atoms with Gasteiger partial charge in [0.25, 0.3) is 0 Å². The van der Waals surface area contributed by atoms with Gasteiger partial charge in [-0.25, -0.2) is 4.98 Å². The molecule has 1 saturated heterocycles. The van der Waals surface area contributed by atoms with E-state index in [0.29, 0.717) is 29.5 Å². The molecule has 3 heterocycles. The Balaban J connectivity index is 1.78. The van der Waals surface area contributed by atoms with E-state index in [4.69, 9.17) is 21.1 Å². The van der Waals surface area contributed by atoms with Crippen molar-refractivity contribution in [3.63, 3.8) is 0 Å². The van der Waals surface area contributed by atoms with Crippen LogP contribution in [0, 0.1) is 6.92 Å². The molecule has 1 fully saturated rings. The Kier molecular flexibility index (Phi) is 4.97. The predicted octanol–water partition coefficient (Wildman–Crippen LogP) is 3.13. The van der Waals surface area contributed by atoms with Crippen LogP contribution >= 0.6 is 11.6 Å². The molecule has 1 N–H and O–H groups in total. The molecule has 0 radical (unpaired) electrons. The Bertz CT molecular complexity index is 670. The molecule has 0 bridgehead atoms. The van der Waals surface area contributed by atoms with E-state index >= 15 is 0 Å². The van der Waals surface area contributed by atoms with Crippen LogP contribution in [-0.4, -0.2) is 39.6 Å². The van der Waals surface area contributed by atoms with E-state index in [1.807, 2.05) is 18.5 Å². The molecule has 1 aliphatic heterocycles. The number of nitrogens with one attached hydrogen (secondary N) is 1. The van der Waals surface area contributed by atoms with Crippen molar-refractivity contribution in [1.29, 1.82) is 0 Å². The van der Waals surface area contributed by atoms with Gasteiger partial charge in [0.05, 0.1) is 36.4 Å². The summed E-state index contributed by atoms with van der Waals surface area (Å²) in [7, 11) is 0. The molecule has 3 rings (SSSR count). The number of aromatic nitrogens is 4. The highest BCUT2D eigenvalue weighted by Gasteiger charge is 2.19. The Labute approximate surface area is 140 Å². The lowest BCUT2D eigenvalue weighted by Gasteiger charge is -2.23. The number of halogens is 1. The van der Waals surface area contributed by atoms with E-state index < -0.39 is 0 Å². The second kappa shape index (κ2) is 7.14. The molecular formula is C15H20ClN5O2. The molecule has 8 heteroatoms. The average molecular weight is 338 g/mol. The highest BCUT2D eigenvalue weighted by Crippen LogP contribution is 2.27. The van der Waals surface area contributed by atoms with Crippen LogP contribution < -0.4 is 10.1 Å². The minimum absolute atomic E-state index is 0.376. The summed E-state index contributed by atoms with van der Waals surface area (Å²) in [5.74, 6) is 0.814. The van der Waals surface area contributed by atoms with Crippen LogP contribution in [0.1, 0.15) is 31.5 Å². The lowest BCUT2D eigenvalue weighted by Crippen LogP contribution is -2.21. The van der Waals surface area contributed by atoms with E-state index in [9.17, 15) is 0 Å². The molecule has 0 saturated carbocycles. The summed E-state index contributed by atoms with van der Waals surface area (Å²) in [4.78, 5) is 8.47. The SMILES string of the molecule is CCOc1nc(Nc2cnn(C3CCOCC3)c2C)ncc1Cl. The van der Waals surface area contributed by atoms with Gasteiger partial charge in [0.1, 0.15) is 5.02 Å². The zero-order valence-electron chi connectivity index (χ0n) is 13.3. The maximum atomic E-state index is 6.01. The van der Waals surface area contributed by atoms with Gasteiger partial charge in [-0.3, -0.25) is 4.68 Å². The molecule has 7 nitrogen and oxygen atoms in total. The lowest BCUT2D eigenvalue weighted by atomic mass is 10.1. The van der Waals surface area contributed by atoms with Crippen molar-refractivity contribution in [2.24, 2.45) is 0 Å². The van der Waals surface area contributed by atoms with Gasteiger partial charge >= 0.3 is 0 Å². The number of rotatable bonds is 5. The van der Waals surface area contributed by atoms with Crippen molar-refractivity contribution < 1.29 is 9.47 Å². The Morgan fingerprint density at radius 1 is 1.39 bits per heavy atom. The van der Waals surface area contributed by atoms with Crippen molar-refractivity contribution in [1.82, 2.24) is 19.7 Å². The molecule has 0 aromatic carbocycles. The van der Waals surface area contributed by atoms with Gasteiger partial charge in [-0.15, -0.1) is 0 Å². The number of hydrogen-bond acceptors (Lipinski definition) is 6. The zero-order valence-corrected chi connectivity index (χ0v) is 14.0. The average Bonchev–Trinajstić information content (AvgIpc) is 2.93. The molecule has 0 aliphatic carbocycles. The summed E-state index contributed by atoms with van der Waals surface area (Å²) in [5.41, 5.74) is 1.93. The van der Waals surface area contributed by atoms with Crippen LogP contribution in [0.3, 0.4) is 0 Å². The minimum Gasteiger partial charge on any atom is -0.477 e. The number of anilines is 2. The second-order valence-corrected chi connectivity index (χ2v) is 5.74. The first-order valence-corrected chi connectivity index (χ1v) is 8.11. The van der Waals surface area contributed by atoms with Gasteiger partial charge in [0, 0.05) is 13.2 Å². The summed E-state index contributed by atoms with van der Waals surface area (Å²) in [6.07, 6.45) is 5.28. The molecule has 0 spiro atoms. The second-order valence-electron chi connectivity index (χ2n) is 5.34. The fourth-order valence-electron chi connectivity index (χ4n) is 2.61. The first-order valence-electron chi connectivity index (χ1n) is 7.73. The van der Waals surface area contributed by atoms with Gasteiger partial charge in [-0.1, -0.05) is 11.6 Å². The normalized spacial score (nSPS) is 15.6. The van der Waals surface area contributed by atoms with Gasteiger partial charge in [0.15, 0.2) is 0 Å². The maximum Gasteiger partial charge on any atom is 0.237 e. The van der Waals surface area contributed by atoms with Gasteiger partial charge in [-0.2, -0.15) is 10.1 Å². The first-order chi connectivity index (χ1) is 11.2. The van der Waals surface area contributed by atoms with Crippen molar-refractivity contribution in [2.45, 2.75) is 32.7 Å². The Morgan fingerprint density at radius 2 is 2.17 bits per heavy atom. The molecule has 0 amide bonds. The molecule has 0 atom stereocenters. The van der Waals surface area contributed by atoms with Gasteiger partial charge in [0.2, 0.25) is 11.8 Å². The van der Waals surface area contributed by atoms with Crippen molar-refractivity contribution in [3.05, 3.63) is 23.1 Å². The van der Waals surface area contributed by atoms with Crippen molar-refractivity contribution in [2.75, 3.05) is 25.1 Å². The summed E-state index contributed by atoms with van der Waals surface area (Å²) in [5, 5.41) is 8.08. The van der Waals surface area contributed by atoms with Crippen LogP contribution in [0.25, 0.3) is 0 Å². The number of nitrogens with zero attached hydrogens (tertiary/aromatic N) is 4. The van der Waals surface area contributed by atoms with Gasteiger partial charge in [-0.05, 0) is 26.7 Å². The smallest absolute Gasteiger partial charge is 0.237 e. The van der Waals surface area contributed by atoms with E-state index in [-0.39, 0.29) is 0 Å². The Hall–Kier alpha value is -1.86. The minimum atomic E-state index is 0.376. The molecule has 0 unspecified atom stereocenters. The van der Waals surface area contributed by atoms with Crippen molar-refractivity contribution in [3.8, 4) is 5.88 Å². The third kappa shape index (κ3) is 3.56. The van der Waals surface area contributed by atoms with Crippen LogP contribution in [0.5, 0.6) is 5.88 Å². The fraction of sp³-hybridized carbons (Fsp3) is 0.533. The summed E-state index contributed by atoms with van der Waals surface area (Å²) < 4.78 is 12.8. The van der Waals surface area contributed by atoms with E-state index in [1.54, 1.807) is 6.20 Å². The van der Waals surface area contributed by atoms with Crippen LogP contribution in [0.4, 0.5) is 11.6 Å². The highest BCUT2D eigenvalue weighted by atomic mass is 35.5. The zero-order chi connectivity index (χ0) is 16.2. The fourth-order valence-corrected chi connectivity index (χ4v) is 2.76. The van der Waals surface area contributed by atoms with Gasteiger partial charge < -0.3 is 14.8 Å². The van der Waals surface area contributed by atoms with E-state index in [0.717, 1.165) is 37.4 Å². The highest BCUT2D eigenvalue weighted by molar-refractivity contribution is 6.31. The third-order valence-electron chi connectivity index (χ3n) is 3.82. The standard InChI is InChI=1S/C15H20ClN5O2/c1-3-23-14-12(16)8-17-15(20-14)19-13-9-18-21(10(13)2)11-4-6-22-7-5-11/h8-9,11H,3-7H2,1-2H3,(H,17,19,20).